The van der Waals surface area contributed by atoms with Crippen LogP contribution in [0.2, 0.25) is 0 Å². The fraction of sp³-hybridized carbons (Fsp3) is 0.344. The number of hydrogen-bond acceptors (Lipinski definition) is 6. The Balaban J connectivity index is 1.54. The summed E-state index contributed by atoms with van der Waals surface area (Å²) in [6.07, 6.45) is 0. The molecule has 0 aliphatic carbocycles. The molecule has 208 valence electrons. The lowest BCUT2D eigenvalue weighted by Crippen LogP contribution is -2.48. The van der Waals surface area contributed by atoms with Crippen molar-refractivity contribution in [2.75, 3.05) is 38.1 Å². The molecule has 1 aliphatic heterocycles. The molecule has 0 atom stereocenters. The van der Waals surface area contributed by atoms with Gasteiger partial charge in [-0.2, -0.15) is 5.26 Å². The molecule has 8 nitrogen and oxygen atoms in total. The quantitative estimate of drug-likeness (QED) is 0.361. The summed E-state index contributed by atoms with van der Waals surface area (Å²) in [4.78, 5) is 28.5. The number of likely N-dealkylation sites (N-methyl/N-ethyl adjacent to an activating group) is 1. The van der Waals surface area contributed by atoms with Crippen molar-refractivity contribution in [3.63, 3.8) is 0 Å². The molecule has 0 saturated carbocycles. The molecule has 0 unspecified atom stereocenters. The van der Waals surface area contributed by atoms with Crippen LogP contribution in [0.1, 0.15) is 36.1 Å². The van der Waals surface area contributed by atoms with E-state index in [1.165, 1.54) is 11.1 Å². The van der Waals surface area contributed by atoms with E-state index in [2.05, 4.69) is 42.7 Å². The summed E-state index contributed by atoms with van der Waals surface area (Å²) in [6.45, 7) is 8.76. The third-order valence-electron chi connectivity index (χ3n) is 7.17. The molecule has 1 aliphatic rings. The van der Waals surface area contributed by atoms with Gasteiger partial charge in [-0.1, -0.05) is 62.4 Å². The first-order chi connectivity index (χ1) is 19.2. The van der Waals surface area contributed by atoms with Gasteiger partial charge in [-0.25, -0.2) is 5.01 Å². The van der Waals surface area contributed by atoms with Gasteiger partial charge in [0.05, 0.1) is 24.7 Å². The molecule has 0 fully saturated rings. The average Bonchev–Trinajstić information content (AvgIpc) is 3.39. The number of nitriles is 1. The predicted octanol–water partition coefficient (Wildman–Crippen LogP) is 3.84. The van der Waals surface area contributed by atoms with Crippen molar-refractivity contribution in [2.24, 2.45) is 0 Å². The lowest BCUT2D eigenvalue weighted by atomic mass is 10.0. The molecule has 0 aromatic heterocycles. The van der Waals surface area contributed by atoms with Gasteiger partial charge in [0.15, 0.2) is 0 Å². The second kappa shape index (κ2) is 13.2. The SMILES string of the molecule is Cc1ccc(-c2ccc(C#N)cc2)cc1N(CC(=O)NCCNC(C)C)CC(=O)N(C)N1Cc2ccccc2C1. The normalized spacial score (nSPS) is 12.6. The molecule has 2 amide bonds. The number of carbonyl (C=O) groups excluding carboxylic acids is 2. The number of carbonyl (C=O) groups is 2. The maximum Gasteiger partial charge on any atom is 0.256 e. The Kier molecular flexibility index (Phi) is 9.54. The van der Waals surface area contributed by atoms with Gasteiger partial charge < -0.3 is 15.5 Å². The molecule has 4 rings (SSSR count). The molecular formula is C32H38N6O2. The van der Waals surface area contributed by atoms with Gasteiger partial charge in [-0.05, 0) is 52.9 Å². The van der Waals surface area contributed by atoms with Gasteiger partial charge in [0.25, 0.3) is 5.91 Å². The number of nitrogens with zero attached hydrogens (tertiary/aromatic N) is 4. The van der Waals surface area contributed by atoms with Crippen LogP contribution in [0.3, 0.4) is 0 Å². The van der Waals surface area contributed by atoms with E-state index in [-0.39, 0.29) is 24.9 Å². The maximum atomic E-state index is 13.6. The van der Waals surface area contributed by atoms with Crippen LogP contribution in [0.4, 0.5) is 5.69 Å². The zero-order chi connectivity index (χ0) is 28.6. The summed E-state index contributed by atoms with van der Waals surface area (Å²) in [7, 11) is 1.80. The summed E-state index contributed by atoms with van der Waals surface area (Å²) in [5.74, 6) is -0.233. The van der Waals surface area contributed by atoms with E-state index < -0.39 is 0 Å². The monoisotopic (exact) mass is 538 g/mol. The minimum atomic E-state index is -0.141. The Labute approximate surface area is 237 Å². The Bertz CT molecular complexity index is 1350. The van der Waals surface area contributed by atoms with E-state index >= 15 is 0 Å². The Morgan fingerprint density at radius 3 is 2.23 bits per heavy atom. The number of hydrogen-bond donors (Lipinski definition) is 2. The zero-order valence-electron chi connectivity index (χ0n) is 23.8. The number of amides is 2. The molecule has 0 bridgehead atoms. The molecule has 0 spiro atoms. The van der Waals surface area contributed by atoms with Gasteiger partial charge in [-0.15, -0.1) is 0 Å². The highest BCUT2D eigenvalue weighted by Gasteiger charge is 2.27. The van der Waals surface area contributed by atoms with Crippen molar-refractivity contribution in [1.82, 2.24) is 20.7 Å². The lowest BCUT2D eigenvalue weighted by Gasteiger charge is -2.32. The highest BCUT2D eigenvalue weighted by molar-refractivity contribution is 5.87. The third-order valence-corrected chi connectivity index (χ3v) is 7.17. The number of hydrazine groups is 1. The number of fused-ring (bicyclic) bond motifs is 1. The first-order valence-corrected chi connectivity index (χ1v) is 13.7. The second-order valence-electron chi connectivity index (χ2n) is 10.5. The van der Waals surface area contributed by atoms with Crippen molar-refractivity contribution in [2.45, 2.75) is 39.9 Å². The van der Waals surface area contributed by atoms with Crippen molar-refractivity contribution in [3.8, 4) is 17.2 Å². The van der Waals surface area contributed by atoms with E-state index in [0.29, 0.717) is 37.8 Å². The minimum Gasteiger partial charge on any atom is -0.353 e. The van der Waals surface area contributed by atoms with Crippen LogP contribution in [0.15, 0.2) is 66.7 Å². The highest BCUT2D eigenvalue weighted by atomic mass is 16.2. The first-order valence-electron chi connectivity index (χ1n) is 13.7. The van der Waals surface area contributed by atoms with Gasteiger partial charge in [0.2, 0.25) is 5.91 Å². The number of rotatable bonds is 11. The largest absolute Gasteiger partial charge is 0.353 e. The van der Waals surface area contributed by atoms with Crippen molar-refractivity contribution >= 4 is 17.5 Å². The van der Waals surface area contributed by atoms with Crippen molar-refractivity contribution in [1.29, 1.82) is 5.26 Å². The fourth-order valence-corrected chi connectivity index (χ4v) is 4.84. The first kappa shape index (κ1) is 28.8. The van der Waals surface area contributed by atoms with Crippen LogP contribution in [0.5, 0.6) is 0 Å². The average molecular weight is 539 g/mol. The van der Waals surface area contributed by atoms with E-state index in [9.17, 15) is 9.59 Å². The zero-order valence-corrected chi connectivity index (χ0v) is 23.8. The molecule has 8 heteroatoms. The molecule has 0 saturated heterocycles. The molecule has 0 radical (unpaired) electrons. The topological polar surface area (TPSA) is 91.7 Å². The van der Waals surface area contributed by atoms with Crippen LogP contribution in [-0.4, -0.2) is 61.1 Å². The van der Waals surface area contributed by atoms with Gasteiger partial charge in [-0.3, -0.25) is 14.6 Å². The summed E-state index contributed by atoms with van der Waals surface area (Å²) in [5, 5.41) is 19.1. The third kappa shape index (κ3) is 7.26. The lowest BCUT2D eigenvalue weighted by molar-refractivity contribution is -0.145. The molecule has 2 N–H and O–H groups in total. The number of benzene rings is 3. The van der Waals surface area contributed by atoms with Gasteiger partial charge in [0, 0.05) is 45.0 Å². The number of anilines is 1. The van der Waals surface area contributed by atoms with Crippen LogP contribution >= 0.6 is 0 Å². The van der Waals surface area contributed by atoms with Crippen LogP contribution in [0.25, 0.3) is 11.1 Å². The molecule has 40 heavy (non-hydrogen) atoms. The number of aryl methyl sites for hydroxylation is 1. The van der Waals surface area contributed by atoms with Gasteiger partial charge in [0.1, 0.15) is 0 Å². The van der Waals surface area contributed by atoms with Crippen molar-refractivity contribution in [3.05, 3.63) is 89.0 Å². The summed E-state index contributed by atoms with van der Waals surface area (Å²) in [5.41, 5.74) is 6.74. The van der Waals surface area contributed by atoms with E-state index in [1.807, 2.05) is 59.3 Å². The van der Waals surface area contributed by atoms with Crippen LogP contribution < -0.4 is 15.5 Å². The summed E-state index contributed by atoms with van der Waals surface area (Å²) >= 11 is 0. The Hall–Kier alpha value is -4.19. The number of nitrogens with one attached hydrogen (secondary N) is 2. The second-order valence-corrected chi connectivity index (χ2v) is 10.5. The van der Waals surface area contributed by atoms with E-state index in [1.54, 1.807) is 24.2 Å². The minimum absolute atomic E-state index is 0.0542. The van der Waals surface area contributed by atoms with Crippen LogP contribution in [-0.2, 0) is 22.7 Å². The summed E-state index contributed by atoms with van der Waals surface area (Å²) < 4.78 is 0. The Morgan fingerprint density at radius 2 is 1.60 bits per heavy atom. The summed E-state index contributed by atoms with van der Waals surface area (Å²) in [6, 6.07) is 24.2. The van der Waals surface area contributed by atoms with Crippen LogP contribution in [0, 0.1) is 18.3 Å². The fourth-order valence-electron chi connectivity index (χ4n) is 4.84. The smallest absolute Gasteiger partial charge is 0.256 e. The highest BCUT2D eigenvalue weighted by Crippen LogP contribution is 2.29. The molecule has 3 aromatic carbocycles. The molecule has 1 heterocycles. The Morgan fingerprint density at radius 1 is 0.950 bits per heavy atom. The maximum absolute atomic E-state index is 13.6. The standard InChI is InChI=1S/C32H38N6O2/c1-23(2)34-15-16-35-31(39)21-37(22-32(40)36(4)38-19-28-7-5-6-8-29(28)20-38)30-17-27(12-9-24(30)3)26-13-10-25(18-33)11-14-26/h5-14,17,23,34H,15-16,19-22H2,1-4H3,(H,35,39). The predicted molar refractivity (Wildman–Crippen MR) is 158 cm³/mol. The molecule has 3 aromatic rings. The van der Waals surface area contributed by atoms with Crippen molar-refractivity contribution < 1.29 is 9.59 Å². The van der Waals surface area contributed by atoms with Gasteiger partial charge >= 0.3 is 0 Å². The van der Waals surface area contributed by atoms with E-state index in [4.69, 9.17) is 5.26 Å². The molecular weight excluding hydrogens is 500 g/mol. The van der Waals surface area contributed by atoms with E-state index in [0.717, 1.165) is 22.4 Å².